The molecule has 1 aliphatic rings. The molecule has 0 amide bonds. The Kier molecular flexibility index (Phi) is 4.94. The Balaban J connectivity index is 1.91. The minimum atomic E-state index is -2.92. The molecule has 0 spiro atoms. The van der Waals surface area contributed by atoms with Crippen LogP contribution in [0.3, 0.4) is 0 Å². The lowest BCUT2D eigenvalue weighted by Crippen LogP contribution is -2.29. The van der Waals surface area contributed by atoms with Crippen molar-refractivity contribution in [1.29, 1.82) is 0 Å². The molecule has 1 fully saturated rings. The van der Waals surface area contributed by atoms with Crippen molar-refractivity contribution in [3.8, 4) is 11.8 Å². The Bertz CT molecular complexity index is 1240. The maximum absolute atomic E-state index is 15.2. The monoisotopic (exact) mass is 416 g/mol. The molecule has 0 atom stereocenters. The molecule has 5 nitrogen and oxygen atoms in total. The van der Waals surface area contributed by atoms with Crippen molar-refractivity contribution >= 4 is 22.4 Å². The van der Waals surface area contributed by atoms with Crippen LogP contribution < -0.4 is 10.6 Å². The topological polar surface area (TPSA) is 61.9 Å². The Hall–Kier alpha value is -3.41. The number of nitrogens with zero attached hydrogens (tertiary/aromatic N) is 3. The number of pyridine rings is 1. The van der Waals surface area contributed by atoms with Gasteiger partial charge in [0.05, 0.1) is 23.1 Å². The quantitative estimate of drug-likeness (QED) is 0.513. The first kappa shape index (κ1) is 19.9. The molecule has 1 aromatic carbocycles. The molecule has 154 valence electrons. The number of hydrogen-bond acceptors (Lipinski definition) is 4. The van der Waals surface area contributed by atoms with Gasteiger partial charge < -0.3 is 9.88 Å². The number of rotatable bonds is 4. The first-order valence-corrected chi connectivity index (χ1v) is 9.19. The first-order chi connectivity index (χ1) is 14.3. The van der Waals surface area contributed by atoms with Crippen LogP contribution in [-0.4, -0.2) is 27.9 Å². The van der Waals surface area contributed by atoms with Crippen LogP contribution in [0.25, 0.3) is 10.9 Å². The summed E-state index contributed by atoms with van der Waals surface area (Å²) in [4.78, 5) is 22.7. The highest BCUT2D eigenvalue weighted by Gasteiger charge is 2.35. The molecule has 0 aliphatic heterocycles. The molecule has 2 heterocycles. The fourth-order valence-corrected chi connectivity index (χ4v) is 3.03. The highest BCUT2D eigenvalue weighted by molar-refractivity contribution is 5.92. The summed E-state index contributed by atoms with van der Waals surface area (Å²) in [6.45, 7) is 0.922. The number of benzene rings is 1. The fourth-order valence-electron chi connectivity index (χ4n) is 3.03. The van der Waals surface area contributed by atoms with Crippen LogP contribution in [0.1, 0.15) is 25.5 Å². The van der Waals surface area contributed by atoms with Crippen LogP contribution >= 0.6 is 0 Å². The second-order valence-electron chi connectivity index (χ2n) is 7.33. The average molecular weight is 416 g/mol. The summed E-state index contributed by atoms with van der Waals surface area (Å²) >= 11 is 0. The molecule has 0 unspecified atom stereocenters. The van der Waals surface area contributed by atoms with Crippen LogP contribution in [0, 0.1) is 28.9 Å². The van der Waals surface area contributed by atoms with E-state index in [4.69, 9.17) is 0 Å². The summed E-state index contributed by atoms with van der Waals surface area (Å²) in [6.07, 6.45) is 0.0871. The third-order valence-electron chi connectivity index (χ3n) is 4.90. The van der Waals surface area contributed by atoms with E-state index in [0.717, 1.165) is 29.9 Å². The average Bonchev–Trinajstić information content (AvgIpc) is 3.42. The lowest BCUT2D eigenvalue weighted by molar-refractivity contribution is 0.157. The van der Waals surface area contributed by atoms with E-state index in [1.807, 2.05) is 6.92 Å². The van der Waals surface area contributed by atoms with Gasteiger partial charge in [0.2, 0.25) is 0 Å². The van der Waals surface area contributed by atoms with Crippen LogP contribution in [0.15, 0.2) is 35.3 Å². The van der Waals surface area contributed by atoms with E-state index in [0.29, 0.717) is 0 Å². The molecule has 4 rings (SSSR count). The third kappa shape index (κ3) is 3.85. The molecule has 1 saturated carbocycles. The van der Waals surface area contributed by atoms with Crippen molar-refractivity contribution in [1.82, 2.24) is 15.0 Å². The lowest BCUT2D eigenvalue weighted by atomic mass is 10.1. The zero-order valence-electron chi connectivity index (χ0n) is 15.8. The Morgan fingerprint density at radius 1 is 1.27 bits per heavy atom. The summed E-state index contributed by atoms with van der Waals surface area (Å²) in [5.74, 6) is 3.45. The van der Waals surface area contributed by atoms with Crippen LogP contribution in [-0.2, 0) is 0 Å². The van der Waals surface area contributed by atoms with Gasteiger partial charge in [-0.3, -0.25) is 0 Å². The van der Waals surface area contributed by atoms with Crippen molar-refractivity contribution < 1.29 is 17.6 Å². The third-order valence-corrected chi connectivity index (χ3v) is 4.90. The summed E-state index contributed by atoms with van der Waals surface area (Å²) < 4.78 is 56.5. The number of alkyl halides is 2. The van der Waals surface area contributed by atoms with E-state index < -0.39 is 36.1 Å². The van der Waals surface area contributed by atoms with Crippen molar-refractivity contribution in [2.75, 3.05) is 11.4 Å². The number of aromatic nitrogens is 3. The van der Waals surface area contributed by atoms with Gasteiger partial charge >= 0.3 is 5.69 Å². The first-order valence-electron chi connectivity index (χ1n) is 9.19. The van der Waals surface area contributed by atoms with Gasteiger partial charge in [-0.1, -0.05) is 12.0 Å². The zero-order valence-corrected chi connectivity index (χ0v) is 15.8. The summed E-state index contributed by atoms with van der Waals surface area (Å²) in [7, 11) is 0. The number of anilines is 2. The van der Waals surface area contributed by atoms with Gasteiger partial charge in [-0.05, 0) is 43.9 Å². The fraction of sp³-hybridized carbons (Fsp3) is 0.286. The number of hydrogen-bond donors (Lipinski definition) is 1. The smallest absolute Gasteiger partial charge is 0.317 e. The van der Waals surface area contributed by atoms with E-state index in [9.17, 15) is 18.0 Å². The largest absolute Gasteiger partial charge is 0.347 e. The van der Waals surface area contributed by atoms with Gasteiger partial charge in [-0.25, -0.2) is 27.3 Å². The Morgan fingerprint density at radius 2 is 2.03 bits per heavy atom. The second-order valence-corrected chi connectivity index (χ2v) is 7.33. The SMILES string of the molecule is CC1(C#Cc2nccc(N(CC(F)F)c3nc(=O)[nH]c4cccc(F)c34)c2F)CC1. The highest BCUT2D eigenvalue weighted by Crippen LogP contribution is 2.44. The number of aromatic amines is 1. The van der Waals surface area contributed by atoms with E-state index in [2.05, 4.69) is 26.8 Å². The zero-order chi connectivity index (χ0) is 21.5. The molecule has 0 saturated heterocycles. The normalized spacial score (nSPS) is 14.5. The molecule has 0 bridgehead atoms. The van der Waals surface area contributed by atoms with Gasteiger partial charge in [0, 0.05) is 11.6 Å². The van der Waals surface area contributed by atoms with Crippen molar-refractivity contribution in [3.63, 3.8) is 0 Å². The molecule has 2 aromatic heterocycles. The molecular weight excluding hydrogens is 400 g/mol. The van der Waals surface area contributed by atoms with Gasteiger partial charge in [0.25, 0.3) is 6.43 Å². The van der Waals surface area contributed by atoms with E-state index in [1.54, 1.807) is 0 Å². The summed E-state index contributed by atoms with van der Waals surface area (Å²) in [6, 6.07) is 5.02. The van der Waals surface area contributed by atoms with Crippen LogP contribution in [0.4, 0.5) is 29.1 Å². The maximum Gasteiger partial charge on any atom is 0.347 e. The number of H-pyrrole nitrogens is 1. The molecule has 30 heavy (non-hydrogen) atoms. The van der Waals surface area contributed by atoms with Gasteiger partial charge in [0.15, 0.2) is 17.3 Å². The minimum absolute atomic E-state index is 0.0559. The predicted octanol–water partition coefficient (Wildman–Crippen LogP) is 4.15. The van der Waals surface area contributed by atoms with Crippen molar-refractivity contribution in [3.05, 3.63) is 58.3 Å². The number of fused-ring (bicyclic) bond motifs is 1. The van der Waals surface area contributed by atoms with Crippen molar-refractivity contribution in [2.24, 2.45) is 5.41 Å². The molecule has 3 aromatic rings. The Labute approximate surface area is 168 Å². The van der Waals surface area contributed by atoms with Crippen LogP contribution in [0.2, 0.25) is 0 Å². The van der Waals surface area contributed by atoms with E-state index in [-0.39, 0.29) is 27.7 Å². The van der Waals surface area contributed by atoms with Gasteiger partial charge in [0.1, 0.15) is 5.82 Å². The lowest BCUT2D eigenvalue weighted by Gasteiger charge is -2.25. The molecule has 1 aliphatic carbocycles. The van der Waals surface area contributed by atoms with Gasteiger partial charge in [-0.2, -0.15) is 4.98 Å². The highest BCUT2D eigenvalue weighted by atomic mass is 19.3. The molecule has 0 radical (unpaired) electrons. The molecular formula is C21H16F4N4O. The molecule has 9 heteroatoms. The Morgan fingerprint density at radius 3 is 2.73 bits per heavy atom. The summed E-state index contributed by atoms with van der Waals surface area (Å²) in [5.41, 5.74) is -1.55. The van der Waals surface area contributed by atoms with E-state index in [1.165, 1.54) is 18.3 Å². The van der Waals surface area contributed by atoms with E-state index >= 15 is 4.39 Å². The van der Waals surface area contributed by atoms with Crippen LogP contribution in [0.5, 0.6) is 0 Å². The number of nitrogens with one attached hydrogen (secondary N) is 1. The van der Waals surface area contributed by atoms with Gasteiger partial charge in [-0.15, -0.1) is 0 Å². The second kappa shape index (κ2) is 7.44. The summed E-state index contributed by atoms with van der Waals surface area (Å²) in [5, 5.41) is -0.202. The minimum Gasteiger partial charge on any atom is -0.317 e. The standard InChI is InChI=1S/C21H16F4N4O/c1-21(8-9-21)7-5-14-18(25)15(6-10-26-14)29(11-16(23)24)19-17-12(22)3-2-4-13(17)27-20(30)28-19/h2-4,6,10,16H,8-9,11H2,1H3,(H,27,28,30). The molecule has 1 N–H and O–H groups in total. The predicted molar refractivity (Wildman–Crippen MR) is 104 cm³/mol. The maximum atomic E-state index is 15.2. The van der Waals surface area contributed by atoms with Crippen molar-refractivity contribution in [2.45, 2.75) is 26.2 Å². The number of halogens is 4.